The van der Waals surface area contributed by atoms with E-state index in [1.54, 1.807) is 0 Å². The van der Waals surface area contributed by atoms with Gasteiger partial charge in [0.1, 0.15) is 6.04 Å². The van der Waals surface area contributed by atoms with Crippen molar-refractivity contribution in [3.63, 3.8) is 0 Å². The van der Waals surface area contributed by atoms with Crippen LogP contribution in [0.25, 0.3) is 0 Å². The lowest BCUT2D eigenvalue weighted by molar-refractivity contribution is -0.139. The smallest absolute Gasteiger partial charge is 0.326 e. The minimum Gasteiger partial charge on any atom is -0.480 e. The van der Waals surface area contributed by atoms with Crippen LogP contribution >= 0.6 is 11.5 Å². The number of carboxylic acid groups (broad SMARTS) is 1. The van der Waals surface area contributed by atoms with Gasteiger partial charge in [-0.15, -0.1) is 5.10 Å². The molecular weight excluding hydrogens is 248 g/mol. The summed E-state index contributed by atoms with van der Waals surface area (Å²) in [5.74, 6) is -2.50. The van der Waals surface area contributed by atoms with Crippen molar-refractivity contribution in [1.29, 1.82) is 0 Å². The number of nitrogens with two attached hydrogens (primary N) is 1. The highest BCUT2D eigenvalue weighted by molar-refractivity contribution is 7.03. The van der Waals surface area contributed by atoms with Crippen LogP contribution in [0.3, 0.4) is 0 Å². The zero-order valence-electron chi connectivity index (χ0n) is 8.62. The zero-order chi connectivity index (χ0) is 12.8. The number of carbonyl (C=O) groups excluding carboxylic acids is 2. The third-order valence-electron chi connectivity index (χ3n) is 1.88. The van der Waals surface area contributed by atoms with Gasteiger partial charge in [-0.05, 0) is 18.0 Å². The largest absolute Gasteiger partial charge is 0.480 e. The summed E-state index contributed by atoms with van der Waals surface area (Å²) < 4.78 is 3.48. The Labute approximate surface area is 100.0 Å². The molecule has 0 spiro atoms. The van der Waals surface area contributed by atoms with Gasteiger partial charge in [0.2, 0.25) is 5.91 Å². The van der Waals surface area contributed by atoms with E-state index in [4.69, 9.17) is 10.8 Å². The fraction of sp³-hybridized carbons (Fsp3) is 0.375. The molecule has 2 amide bonds. The SMILES string of the molecule is NC(=O)CC[C@@H](NC(=O)c1csnn1)C(=O)O. The number of nitrogens with one attached hydrogen (secondary N) is 1. The second kappa shape index (κ2) is 5.89. The lowest BCUT2D eigenvalue weighted by atomic mass is 10.1. The molecule has 8 nitrogen and oxygen atoms in total. The first-order valence-corrected chi connectivity index (χ1v) is 5.43. The maximum atomic E-state index is 11.5. The quantitative estimate of drug-likeness (QED) is 0.598. The molecule has 1 atom stereocenters. The summed E-state index contributed by atoms with van der Waals surface area (Å²) in [7, 11) is 0. The third-order valence-corrected chi connectivity index (χ3v) is 2.38. The Bertz CT molecular complexity index is 419. The Morgan fingerprint density at radius 1 is 1.53 bits per heavy atom. The van der Waals surface area contributed by atoms with Crippen molar-refractivity contribution in [1.82, 2.24) is 14.9 Å². The number of aromatic nitrogens is 2. The van der Waals surface area contributed by atoms with Crippen molar-refractivity contribution >= 4 is 29.3 Å². The Morgan fingerprint density at radius 3 is 2.71 bits per heavy atom. The van der Waals surface area contributed by atoms with E-state index in [1.165, 1.54) is 5.38 Å². The van der Waals surface area contributed by atoms with Crippen LogP contribution < -0.4 is 11.1 Å². The molecule has 0 unspecified atom stereocenters. The topological polar surface area (TPSA) is 135 Å². The Hall–Kier alpha value is -2.03. The molecule has 0 fully saturated rings. The summed E-state index contributed by atoms with van der Waals surface area (Å²) in [5.41, 5.74) is 4.94. The number of nitrogens with zero attached hydrogens (tertiary/aromatic N) is 2. The molecule has 0 aromatic carbocycles. The van der Waals surface area contributed by atoms with Crippen molar-refractivity contribution in [2.24, 2.45) is 5.73 Å². The van der Waals surface area contributed by atoms with E-state index in [-0.39, 0.29) is 18.5 Å². The van der Waals surface area contributed by atoms with Crippen molar-refractivity contribution < 1.29 is 19.5 Å². The molecule has 0 bridgehead atoms. The summed E-state index contributed by atoms with van der Waals surface area (Å²) in [4.78, 5) is 32.8. The number of aliphatic carboxylic acids is 1. The number of amides is 2. The zero-order valence-corrected chi connectivity index (χ0v) is 9.44. The first kappa shape index (κ1) is 13.0. The van der Waals surface area contributed by atoms with Gasteiger partial charge in [0, 0.05) is 11.8 Å². The van der Waals surface area contributed by atoms with Crippen LogP contribution in [-0.2, 0) is 9.59 Å². The van der Waals surface area contributed by atoms with Crippen LogP contribution in [0.1, 0.15) is 23.3 Å². The molecular formula is C8H10N4O4S. The number of hydrogen-bond donors (Lipinski definition) is 3. The van der Waals surface area contributed by atoms with Crippen LogP contribution in [-0.4, -0.2) is 38.5 Å². The number of rotatable bonds is 6. The highest BCUT2D eigenvalue weighted by Crippen LogP contribution is 2.01. The summed E-state index contributed by atoms with van der Waals surface area (Å²) >= 11 is 0.978. The van der Waals surface area contributed by atoms with Gasteiger partial charge in [-0.25, -0.2) is 4.79 Å². The molecule has 0 saturated heterocycles. The Balaban J connectivity index is 2.58. The second-order valence-corrected chi connectivity index (χ2v) is 3.77. The van der Waals surface area contributed by atoms with Crippen molar-refractivity contribution in [3.05, 3.63) is 11.1 Å². The minimum absolute atomic E-state index is 0.0420. The highest BCUT2D eigenvalue weighted by Gasteiger charge is 2.22. The van der Waals surface area contributed by atoms with Gasteiger partial charge in [-0.2, -0.15) is 0 Å². The van der Waals surface area contributed by atoms with Crippen LogP contribution in [0, 0.1) is 0 Å². The average Bonchev–Trinajstić information content (AvgIpc) is 2.76. The fourth-order valence-corrected chi connectivity index (χ4v) is 1.48. The van der Waals surface area contributed by atoms with Gasteiger partial charge in [0.05, 0.1) is 0 Å². The number of carboxylic acids is 1. The Kier molecular flexibility index (Phi) is 4.52. The maximum absolute atomic E-state index is 11.5. The van der Waals surface area contributed by atoms with E-state index >= 15 is 0 Å². The number of carbonyl (C=O) groups is 3. The molecule has 0 aliphatic carbocycles. The molecule has 1 rings (SSSR count). The fourth-order valence-electron chi connectivity index (χ4n) is 1.04. The van der Waals surface area contributed by atoms with E-state index in [2.05, 4.69) is 14.9 Å². The van der Waals surface area contributed by atoms with Gasteiger partial charge in [0.15, 0.2) is 5.69 Å². The van der Waals surface area contributed by atoms with E-state index in [9.17, 15) is 14.4 Å². The third kappa shape index (κ3) is 4.15. The normalized spacial score (nSPS) is 11.8. The lowest BCUT2D eigenvalue weighted by Gasteiger charge is -2.12. The van der Waals surface area contributed by atoms with Gasteiger partial charge >= 0.3 is 5.97 Å². The molecule has 0 aliphatic rings. The Morgan fingerprint density at radius 2 is 2.24 bits per heavy atom. The maximum Gasteiger partial charge on any atom is 0.326 e. The molecule has 1 aromatic rings. The van der Waals surface area contributed by atoms with Crippen molar-refractivity contribution in [3.8, 4) is 0 Å². The average molecular weight is 258 g/mol. The van der Waals surface area contributed by atoms with Gasteiger partial charge in [-0.1, -0.05) is 4.49 Å². The molecule has 0 radical (unpaired) electrons. The number of hydrogen-bond acceptors (Lipinski definition) is 6. The highest BCUT2D eigenvalue weighted by atomic mass is 32.1. The molecule has 9 heteroatoms. The molecule has 0 aliphatic heterocycles. The van der Waals surface area contributed by atoms with Gasteiger partial charge in [0.25, 0.3) is 5.91 Å². The van der Waals surface area contributed by atoms with Crippen molar-refractivity contribution in [2.45, 2.75) is 18.9 Å². The predicted molar refractivity (Wildman–Crippen MR) is 57.2 cm³/mol. The summed E-state index contributed by atoms with van der Waals surface area (Å²) in [6, 6.07) is -1.17. The standard InChI is InChI=1S/C8H10N4O4S/c9-6(13)2-1-4(8(15)16)10-7(14)5-3-17-12-11-5/h3-4H,1-2H2,(H2,9,13)(H,10,14)(H,15,16)/t4-/m1/s1. The minimum atomic E-state index is -1.23. The van der Waals surface area contributed by atoms with Crippen molar-refractivity contribution in [2.75, 3.05) is 0 Å². The molecule has 1 heterocycles. The monoisotopic (exact) mass is 258 g/mol. The molecule has 17 heavy (non-hydrogen) atoms. The lowest BCUT2D eigenvalue weighted by Crippen LogP contribution is -2.41. The van der Waals surface area contributed by atoms with Gasteiger partial charge < -0.3 is 16.2 Å². The van der Waals surface area contributed by atoms with Gasteiger partial charge in [-0.3, -0.25) is 9.59 Å². The summed E-state index contributed by atoms with van der Waals surface area (Å²) in [5, 5.41) is 16.0. The van der Waals surface area contributed by atoms with Crippen LogP contribution in [0.5, 0.6) is 0 Å². The first-order valence-electron chi connectivity index (χ1n) is 4.59. The van der Waals surface area contributed by atoms with Crippen LogP contribution in [0.2, 0.25) is 0 Å². The molecule has 4 N–H and O–H groups in total. The van der Waals surface area contributed by atoms with E-state index in [1.807, 2.05) is 0 Å². The first-order chi connectivity index (χ1) is 8.00. The van der Waals surface area contributed by atoms with E-state index < -0.39 is 23.8 Å². The summed E-state index contributed by atoms with van der Waals surface area (Å²) in [6.45, 7) is 0. The number of primary amides is 1. The predicted octanol–water partition coefficient (Wildman–Crippen LogP) is -1.01. The molecule has 92 valence electrons. The second-order valence-electron chi connectivity index (χ2n) is 3.16. The van der Waals surface area contributed by atoms with Crippen LogP contribution in [0.15, 0.2) is 5.38 Å². The molecule has 0 saturated carbocycles. The van der Waals surface area contributed by atoms with Crippen LogP contribution in [0.4, 0.5) is 0 Å². The summed E-state index contributed by atoms with van der Waals surface area (Å²) in [6.07, 6.45) is -0.180. The van der Waals surface area contributed by atoms with E-state index in [0.29, 0.717) is 0 Å². The van der Waals surface area contributed by atoms with E-state index in [0.717, 1.165) is 11.5 Å². The molecule has 1 aromatic heterocycles.